The average molecular weight is 569 g/mol. The molecule has 0 spiro atoms. The number of nitrogens with one attached hydrogen (secondary N) is 3. The summed E-state index contributed by atoms with van der Waals surface area (Å²) in [7, 11) is 0. The van der Waals surface area contributed by atoms with Crippen molar-refractivity contribution in [1.29, 1.82) is 0 Å². The van der Waals surface area contributed by atoms with E-state index in [0.717, 1.165) is 55.8 Å². The summed E-state index contributed by atoms with van der Waals surface area (Å²) >= 11 is 3.59. The summed E-state index contributed by atoms with van der Waals surface area (Å²) in [5.74, 6) is 3.25. The molecular formula is C28H45ClN4O2S2. The second-order valence-electron chi connectivity index (χ2n) is 11.2. The lowest BCUT2D eigenvalue weighted by atomic mass is 9.91. The Labute approximate surface area is 238 Å². The van der Waals surface area contributed by atoms with Crippen LogP contribution in [-0.4, -0.2) is 70.1 Å². The van der Waals surface area contributed by atoms with Crippen LogP contribution in [-0.2, 0) is 16.1 Å². The highest BCUT2D eigenvalue weighted by Gasteiger charge is 2.40. The van der Waals surface area contributed by atoms with Crippen LogP contribution in [0.1, 0.15) is 64.4 Å². The van der Waals surface area contributed by atoms with Crippen LogP contribution in [0.3, 0.4) is 0 Å². The zero-order valence-electron chi connectivity index (χ0n) is 22.4. The molecule has 2 amide bonds. The van der Waals surface area contributed by atoms with Gasteiger partial charge < -0.3 is 10.6 Å². The fraction of sp³-hybridized carbons (Fsp3) is 0.714. The third kappa shape index (κ3) is 9.34. The summed E-state index contributed by atoms with van der Waals surface area (Å²) in [6.45, 7) is 7.16. The first-order valence-corrected chi connectivity index (χ1v) is 15.9. The topological polar surface area (TPSA) is 73.5 Å². The van der Waals surface area contributed by atoms with Crippen molar-refractivity contribution in [2.75, 3.05) is 30.5 Å². The number of carbonyl (C=O) groups is 2. The van der Waals surface area contributed by atoms with Crippen molar-refractivity contribution in [3.05, 3.63) is 35.9 Å². The molecule has 1 aromatic rings. The normalized spacial score (nSPS) is 22.7. The third-order valence-electron chi connectivity index (χ3n) is 7.88. The van der Waals surface area contributed by atoms with Gasteiger partial charge in [0.2, 0.25) is 11.8 Å². The minimum absolute atomic E-state index is 0. The van der Waals surface area contributed by atoms with Gasteiger partial charge in [-0.1, -0.05) is 49.6 Å². The number of likely N-dealkylation sites (tertiary alicyclic amines) is 1. The van der Waals surface area contributed by atoms with Gasteiger partial charge in [0.05, 0.1) is 6.04 Å². The van der Waals surface area contributed by atoms with E-state index in [-0.39, 0.29) is 41.1 Å². The number of benzene rings is 1. The lowest BCUT2D eigenvalue weighted by Crippen LogP contribution is -2.61. The lowest BCUT2D eigenvalue weighted by molar-refractivity contribution is -0.130. The fourth-order valence-electron chi connectivity index (χ4n) is 5.49. The van der Waals surface area contributed by atoms with Crippen molar-refractivity contribution >= 4 is 47.7 Å². The maximum atomic E-state index is 13.7. The van der Waals surface area contributed by atoms with Crippen LogP contribution >= 0.6 is 35.9 Å². The summed E-state index contributed by atoms with van der Waals surface area (Å²) in [4.78, 5) is 29.2. The van der Waals surface area contributed by atoms with E-state index in [1.807, 2.05) is 11.8 Å². The third-order valence-corrected chi connectivity index (χ3v) is 10.4. The van der Waals surface area contributed by atoms with E-state index in [0.29, 0.717) is 0 Å². The van der Waals surface area contributed by atoms with E-state index < -0.39 is 6.04 Å². The van der Waals surface area contributed by atoms with E-state index in [1.165, 1.54) is 37.7 Å². The Morgan fingerprint density at radius 3 is 2.46 bits per heavy atom. The van der Waals surface area contributed by atoms with Gasteiger partial charge in [-0.25, -0.2) is 0 Å². The van der Waals surface area contributed by atoms with Gasteiger partial charge in [0, 0.05) is 42.1 Å². The number of halogens is 1. The fourth-order valence-corrected chi connectivity index (χ4v) is 7.77. The molecule has 4 rings (SSSR count). The molecule has 2 aliphatic heterocycles. The molecule has 37 heavy (non-hydrogen) atoms. The molecule has 6 nitrogen and oxygen atoms in total. The van der Waals surface area contributed by atoms with Gasteiger partial charge in [-0.3, -0.25) is 19.8 Å². The summed E-state index contributed by atoms with van der Waals surface area (Å²) in [6.07, 6.45) is 8.45. The summed E-state index contributed by atoms with van der Waals surface area (Å²) in [5.41, 5.74) is 1.33. The molecule has 1 aliphatic carbocycles. The number of carbonyl (C=O) groups excluding carboxylic acids is 2. The maximum absolute atomic E-state index is 13.7. The quantitative estimate of drug-likeness (QED) is 0.388. The van der Waals surface area contributed by atoms with Crippen molar-refractivity contribution in [3.63, 3.8) is 0 Å². The van der Waals surface area contributed by atoms with Crippen LogP contribution in [0.2, 0.25) is 0 Å². The van der Waals surface area contributed by atoms with Crippen LogP contribution in [0, 0.1) is 5.92 Å². The molecule has 0 bridgehead atoms. The molecule has 208 valence electrons. The molecule has 3 N–H and O–H groups in total. The Morgan fingerprint density at radius 2 is 1.81 bits per heavy atom. The Kier molecular flexibility index (Phi) is 12.4. The number of nitrogens with zero attached hydrogens (tertiary/aromatic N) is 1. The van der Waals surface area contributed by atoms with Gasteiger partial charge in [-0.2, -0.15) is 11.8 Å². The predicted molar refractivity (Wildman–Crippen MR) is 159 cm³/mol. The second-order valence-corrected chi connectivity index (χ2v) is 13.9. The molecule has 2 atom stereocenters. The van der Waals surface area contributed by atoms with Crippen LogP contribution in [0.4, 0.5) is 0 Å². The molecule has 0 aromatic heterocycles. The first-order chi connectivity index (χ1) is 17.4. The second kappa shape index (κ2) is 15.0. The zero-order valence-corrected chi connectivity index (χ0v) is 24.8. The van der Waals surface area contributed by atoms with Gasteiger partial charge in [0.15, 0.2) is 0 Å². The number of thioether (sulfide) groups is 2. The average Bonchev–Trinajstić information content (AvgIpc) is 3.44. The molecule has 1 aromatic carbocycles. The van der Waals surface area contributed by atoms with E-state index in [4.69, 9.17) is 0 Å². The molecular weight excluding hydrogens is 524 g/mol. The molecule has 1 saturated carbocycles. The first-order valence-electron chi connectivity index (χ1n) is 13.7. The van der Waals surface area contributed by atoms with Gasteiger partial charge in [-0.05, 0) is 56.8 Å². The molecule has 3 aliphatic rings. The number of hydrogen-bond donors (Lipinski definition) is 3. The number of piperidine rings is 1. The van der Waals surface area contributed by atoms with Crippen molar-refractivity contribution in [2.45, 2.75) is 88.2 Å². The molecule has 2 heterocycles. The van der Waals surface area contributed by atoms with Crippen molar-refractivity contribution in [2.24, 2.45) is 5.92 Å². The highest BCUT2D eigenvalue weighted by Crippen LogP contribution is 2.35. The molecule has 9 heteroatoms. The minimum Gasteiger partial charge on any atom is -0.351 e. The Balaban J connectivity index is 0.00000380. The zero-order chi connectivity index (χ0) is 25.4. The molecule has 0 radical (unpaired) electrons. The number of rotatable bonds is 10. The number of amides is 2. The highest BCUT2D eigenvalue weighted by molar-refractivity contribution is 8.00. The Bertz CT molecular complexity index is 840. The van der Waals surface area contributed by atoms with E-state index in [2.05, 4.69) is 65.0 Å². The van der Waals surface area contributed by atoms with Gasteiger partial charge >= 0.3 is 0 Å². The van der Waals surface area contributed by atoms with Gasteiger partial charge in [0.1, 0.15) is 6.04 Å². The monoisotopic (exact) mass is 568 g/mol. The minimum atomic E-state index is -0.548. The first kappa shape index (κ1) is 30.6. The predicted octanol–water partition coefficient (Wildman–Crippen LogP) is 4.43. The Hall–Kier alpha value is -0.930. The van der Waals surface area contributed by atoms with Crippen molar-refractivity contribution in [1.82, 2.24) is 20.9 Å². The SMILES string of the molecule is CC(C)(SCC1CCCCC1)[C@H](NC(=O)[C@@H]1CSCN1)C(=O)NC1CCN(Cc2ccccc2)CC1.Cl. The summed E-state index contributed by atoms with van der Waals surface area (Å²) in [6, 6.07) is 9.96. The van der Waals surface area contributed by atoms with Crippen LogP contribution in [0.25, 0.3) is 0 Å². The molecule has 0 unspecified atom stereocenters. The van der Waals surface area contributed by atoms with E-state index in [1.54, 1.807) is 11.8 Å². The smallest absolute Gasteiger partial charge is 0.244 e. The van der Waals surface area contributed by atoms with Crippen LogP contribution in [0.5, 0.6) is 0 Å². The van der Waals surface area contributed by atoms with Gasteiger partial charge in [0.25, 0.3) is 0 Å². The summed E-state index contributed by atoms with van der Waals surface area (Å²) < 4.78 is -0.378. The Morgan fingerprint density at radius 1 is 1.11 bits per heavy atom. The van der Waals surface area contributed by atoms with Crippen LogP contribution in [0.15, 0.2) is 30.3 Å². The number of hydrogen-bond acceptors (Lipinski definition) is 6. The van der Waals surface area contributed by atoms with E-state index in [9.17, 15) is 9.59 Å². The van der Waals surface area contributed by atoms with Gasteiger partial charge in [-0.15, -0.1) is 24.2 Å². The van der Waals surface area contributed by atoms with Crippen LogP contribution < -0.4 is 16.0 Å². The standard InChI is InChI=1S/C28H44N4O2S2.ClH/c1-28(2,36-18-22-11-7-4-8-12-22)25(31-26(33)24-19-35-20-29-24)27(34)30-23-13-15-32(16-14-23)17-21-9-5-3-6-10-21;/h3,5-6,9-10,22-25,29H,4,7-8,11-20H2,1-2H3,(H,30,34)(H,31,33);1H/t24-,25+;/m0./s1. The lowest BCUT2D eigenvalue weighted by Gasteiger charge is -2.38. The van der Waals surface area contributed by atoms with E-state index >= 15 is 0 Å². The molecule has 2 saturated heterocycles. The van der Waals surface area contributed by atoms with Crippen molar-refractivity contribution < 1.29 is 9.59 Å². The summed E-state index contributed by atoms with van der Waals surface area (Å²) in [5, 5.41) is 9.73. The molecule has 3 fully saturated rings. The highest BCUT2D eigenvalue weighted by atomic mass is 35.5. The largest absolute Gasteiger partial charge is 0.351 e. The maximum Gasteiger partial charge on any atom is 0.244 e. The van der Waals surface area contributed by atoms with Crippen molar-refractivity contribution in [3.8, 4) is 0 Å².